The van der Waals surface area contributed by atoms with Gasteiger partial charge in [-0.25, -0.2) is 15.8 Å². The Balaban J connectivity index is 1.90. The van der Waals surface area contributed by atoms with Gasteiger partial charge in [-0.3, -0.25) is 0 Å². The van der Waals surface area contributed by atoms with Crippen molar-refractivity contribution in [2.75, 3.05) is 10.7 Å². The molecule has 0 unspecified atom stereocenters. The highest BCUT2D eigenvalue weighted by molar-refractivity contribution is 5.65. The van der Waals surface area contributed by atoms with E-state index in [1.54, 1.807) is 12.4 Å². The van der Waals surface area contributed by atoms with Gasteiger partial charge in [0.05, 0.1) is 6.20 Å². The lowest BCUT2D eigenvalue weighted by Gasteiger charge is -2.10. The molecule has 0 aliphatic rings. The maximum absolute atomic E-state index is 5.44. The molecule has 3 aromatic rings. The zero-order valence-corrected chi connectivity index (χ0v) is 11.2. The normalized spacial score (nSPS) is 10.7. The lowest BCUT2D eigenvalue weighted by molar-refractivity contribution is 1.05. The van der Waals surface area contributed by atoms with Gasteiger partial charge in [0.1, 0.15) is 0 Å². The molecule has 1 aromatic carbocycles. The lowest BCUT2D eigenvalue weighted by atomic mass is 10.1. The van der Waals surface area contributed by atoms with Crippen molar-refractivity contribution in [2.24, 2.45) is 5.84 Å². The van der Waals surface area contributed by atoms with E-state index in [0.717, 1.165) is 5.65 Å². The fourth-order valence-corrected chi connectivity index (χ4v) is 2.11. The molecular formula is C14H16N6. The maximum Gasteiger partial charge on any atom is 0.180 e. The summed E-state index contributed by atoms with van der Waals surface area (Å²) in [5.41, 5.74) is 5.80. The van der Waals surface area contributed by atoms with Crippen molar-refractivity contribution < 1.29 is 0 Å². The molecule has 6 heteroatoms. The first-order valence-electron chi connectivity index (χ1n) is 6.36. The number of fused-ring (bicyclic) bond motifs is 1. The quantitative estimate of drug-likeness (QED) is 0.497. The zero-order valence-electron chi connectivity index (χ0n) is 11.2. The number of hydrazine groups is 1. The molecule has 0 aliphatic carbocycles. The second-order valence-electron chi connectivity index (χ2n) is 4.56. The van der Waals surface area contributed by atoms with Gasteiger partial charge in [0.25, 0.3) is 0 Å². The van der Waals surface area contributed by atoms with Gasteiger partial charge >= 0.3 is 0 Å². The maximum atomic E-state index is 5.44. The Morgan fingerprint density at radius 2 is 2.15 bits per heavy atom. The summed E-state index contributed by atoms with van der Waals surface area (Å²) >= 11 is 0. The van der Waals surface area contributed by atoms with E-state index in [-0.39, 0.29) is 0 Å². The van der Waals surface area contributed by atoms with Crippen LogP contribution in [0.4, 0.5) is 11.6 Å². The number of imidazole rings is 1. The van der Waals surface area contributed by atoms with Crippen LogP contribution in [0.1, 0.15) is 11.1 Å². The number of hydrogen-bond donors (Lipinski definition) is 3. The molecule has 0 saturated heterocycles. The minimum Gasteiger partial charge on any atom is -0.363 e. The predicted molar refractivity (Wildman–Crippen MR) is 79.3 cm³/mol. The standard InChI is InChI=1S/C14H16N6/c1-10-4-2-3-5-11(10)8-17-13-14-16-6-7-20(14)9-12(18-13)19-15/h2-7,9,19H,8,15H2,1H3,(H,17,18). The summed E-state index contributed by atoms with van der Waals surface area (Å²) in [5.74, 6) is 6.72. The summed E-state index contributed by atoms with van der Waals surface area (Å²) in [6.45, 7) is 2.78. The monoisotopic (exact) mass is 268 g/mol. The molecular weight excluding hydrogens is 252 g/mol. The van der Waals surface area contributed by atoms with Crippen LogP contribution < -0.4 is 16.6 Å². The molecule has 2 aromatic heterocycles. The second-order valence-corrected chi connectivity index (χ2v) is 4.56. The molecule has 0 aliphatic heterocycles. The highest BCUT2D eigenvalue weighted by atomic mass is 15.3. The van der Waals surface area contributed by atoms with E-state index in [2.05, 4.69) is 39.8 Å². The number of hydrogen-bond acceptors (Lipinski definition) is 5. The summed E-state index contributed by atoms with van der Waals surface area (Å²) in [6, 6.07) is 8.24. The third-order valence-electron chi connectivity index (χ3n) is 3.23. The number of nitrogens with one attached hydrogen (secondary N) is 2. The van der Waals surface area contributed by atoms with Crippen LogP contribution in [-0.4, -0.2) is 14.4 Å². The third-order valence-corrected chi connectivity index (χ3v) is 3.23. The van der Waals surface area contributed by atoms with E-state index in [4.69, 9.17) is 5.84 Å². The average Bonchev–Trinajstić information content (AvgIpc) is 2.94. The number of rotatable bonds is 4. The number of nitrogens with two attached hydrogens (primary N) is 1. The number of aryl methyl sites for hydroxylation is 1. The third kappa shape index (κ3) is 2.28. The summed E-state index contributed by atoms with van der Waals surface area (Å²) < 4.78 is 1.88. The molecule has 0 bridgehead atoms. The Kier molecular flexibility index (Phi) is 3.22. The van der Waals surface area contributed by atoms with E-state index in [9.17, 15) is 0 Å². The van der Waals surface area contributed by atoms with Gasteiger partial charge in [-0.05, 0) is 18.1 Å². The largest absolute Gasteiger partial charge is 0.363 e. The van der Waals surface area contributed by atoms with Gasteiger partial charge in [-0.1, -0.05) is 24.3 Å². The van der Waals surface area contributed by atoms with Gasteiger partial charge in [0.2, 0.25) is 0 Å². The molecule has 0 saturated carbocycles. The fraction of sp³-hybridized carbons (Fsp3) is 0.143. The summed E-state index contributed by atoms with van der Waals surface area (Å²) in [4.78, 5) is 8.70. The Bertz CT molecular complexity index is 733. The van der Waals surface area contributed by atoms with Crippen molar-refractivity contribution in [2.45, 2.75) is 13.5 Å². The van der Waals surface area contributed by atoms with Crippen LogP contribution >= 0.6 is 0 Å². The SMILES string of the molecule is Cc1ccccc1CNc1nc(NN)cn2ccnc12. The van der Waals surface area contributed by atoms with Crippen LogP contribution in [0, 0.1) is 6.92 Å². The van der Waals surface area contributed by atoms with Crippen LogP contribution in [-0.2, 0) is 6.54 Å². The summed E-state index contributed by atoms with van der Waals surface area (Å²) in [6.07, 6.45) is 5.38. The first-order chi connectivity index (χ1) is 9.78. The minimum atomic E-state index is 0.586. The molecule has 0 radical (unpaired) electrons. The Labute approximate surface area is 116 Å². The summed E-state index contributed by atoms with van der Waals surface area (Å²) in [5, 5.41) is 3.32. The molecule has 3 rings (SSSR count). The van der Waals surface area contributed by atoms with E-state index < -0.39 is 0 Å². The van der Waals surface area contributed by atoms with Crippen molar-refractivity contribution in [3.63, 3.8) is 0 Å². The zero-order chi connectivity index (χ0) is 13.9. The first-order valence-corrected chi connectivity index (χ1v) is 6.36. The molecule has 0 fully saturated rings. The van der Waals surface area contributed by atoms with Crippen molar-refractivity contribution in [1.29, 1.82) is 0 Å². The van der Waals surface area contributed by atoms with E-state index in [1.165, 1.54) is 11.1 Å². The average molecular weight is 268 g/mol. The summed E-state index contributed by atoms with van der Waals surface area (Å²) in [7, 11) is 0. The second kappa shape index (κ2) is 5.18. The van der Waals surface area contributed by atoms with Gasteiger partial charge < -0.3 is 15.1 Å². The van der Waals surface area contributed by atoms with Crippen LogP contribution in [0.25, 0.3) is 5.65 Å². The lowest BCUT2D eigenvalue weighted by Crippen LogP contribution is -2.12. The van der Waals surface area contributed by atoms with Crippen LogP contribution in [0.2, 0.25) is 0 Å². The van der Waals surface area contributed by atoms with Crippen LogP contribution in [0.3, 0.4) is 0 Å². The smallest absolute Gasteiger partial charge is 0.180 e. The molecule has 6 nitrogen and oxygen atoms in total. The predicted octanol–water partition coefficient (Wildman–Crippen LogP) is 1.94. The minimum absolute atomic E-state index is 0.586. The Morgan fingerprint density at radius 1 is 1.30 bits per heavy atom. The number of nitrogen functional groups attached to an aromatic ring is 1. The van der Waals surface area contributed by atoms with Crippen molar-refractivity contribution >= 4 is 17.3 Å². The van der Waals surface area contributed by atoms with Crippen molar-refractivity contribution in [1.82, 2.24) is 14.4 Å². The van der Waals surface area contributed by atoms with Gasteiger partial charge in [-0.15, -0.1) is 0 Å². The van der Waals surface area contributed by atoms with Crippen LogP contribution in [0.15, 0.2) is 42.9 Å². The molecule has 0 amide bonds. The molecule has 0 atom stereocenters. The number of benzene rings is 1. The molecule has 102 valence electrons. The highest BCUT2D eigenvalue weighted by Gasteiger charge is 2.07. The Hall–Kier alpha value is -2.60. The first kappa shape index (κ1) is 12.4. The van der Waals surface area contributed by atoms with Crippen LogP contribution in [0.5, 0.6) is 0 Å². The van der Waals surface area contributed by atoms with Crippen molar-refractivity contribution in [3.05, 3.63) is 54.0 Å². The van der Waals surface area contributed by atoms with Gasteiger partial charge in [0, 0.05) is 18.9 Å². The Morgan fingerprint density at radius 3 is 2.95 bits per heavy atom. The molecule has 20 heavy (non-hydrogen) atoms. The molecule has 0 spiro atoms. The fourth-order valence-electron chi connectivity index (χ4n) is 2.11. The van der Waals surface area contributed by atoms with E-state index in [0.29, 0.717) is 18.2 Å². The van der Waals surface area contributed by atoms with Gasteiger partial charge in [-0.2, -0.15) is 0 Å². The molecule has 4 N–H and O–H groups in total. The van der Waals surface area contributed by atoms with E-state index >= 15 is 0 Å². The molecule has 2 heterocycles. The van der Waals surface area contributed by atoms with Gasteiger partial charge in [0.15, 0.2) is 17.3 Å². The number of aromatic nitrogens is 3. The topological polar surface area (TPSA) is 80.3 Å². The van der Waals surface area contributed by atoms with Crippen molar-refractivity contribution in [3.8, 4) is 0 Å². The highest BCUT2D eigenvalue weighted by Crippen LogP contribution is 2.17. The van der Waals surface area contributed by atoms with E-state index in [1.807, 2.05) is 22.7 Å². The number of nitrogens with zero attached hydrogens (tertiary/aromatic N) is 3. The number of anilines is 2.